The third-order valence-electron chi connectivity index (χ3n) is 10.1. The number of aldehydes is 4. The van der Waals surface area contributed by atoms with E-state index in [0.717, 1.165) is 0 Å². The summed E-state index contributed by atoms with van der Waals surface area (Å²) in [6.07, 6.45) is 1.91. The van der Waals surface area contributed by atoms with Gasteiger partial charge in [0.1, 0.15) is 12.6 Å². The molecule has 2 aliphatic rings. The van der Waals surface area contributed by atoms with Crippen LogP contribution in [0.1, 0.15) is 93.4 Å². The Labute approximate surface area is 353 Å². The van der Waals surface area contributed by atoms with Crippen LogP contribution >= 0.6 is 0 Å². The minimum absolute atomic E-state index is 0. The van der Waals surface area contributed by atoms with Crippen LogP contribution in [0.25, 0.3) is 11.1 Å². The average molecular weight is 949 g/mol. The second kappa shape index (κ2) is 17.9. The smallest absolute Gasteiger partial charge is 0.660 e. The van der Waals surface area contributed by atoms with Gasteiger partial charge in [0.15, 0.2) is 59.1 Å². The van der Waals surface area contributed by atoms with E-state index in [1.807, 2.05) is 0 Å². The Morgan fingerprint density at radius 2 is 0.689 bits per heavy atom. The molecule has 2 aliphatic heterocycles. The number of aliphatic imine (C=N–C) groups is 2. The molecule has 320 valence electrons. The molecule has 2 aromatic carbocycles. The zero-order valence-electron chi connectivity index (χ0n) is 32.8. The number of carbonyl (C=O) groups excluding carboxylic acids is 4. The molecule has 0 spiro atoms. The summed E-state index contributed by atoms with van der Waals surface area (Å²) in [6.45, 7) is 11.6. The van der Waals surface area contributed by atoms with Crippen molar-refractivity contribution in [1.29, 1.82) is 0 Å². The fourth-order valence-electron chi connectivity index (χ4n) is 6.86. The zero-order valence-corrected chi connectivity index (χ0v) is 34.4. The fraction of sp³-hybridized carbons (Fsp3) is 0.190. The molecule has 4 aromatic rings. The number of allylic oxidation sites excluding steroid dienone is 4. The van der Waals surface area contributed by atoms with Gasteiger partial charge in [0.05, 0.1) is 22.5 Å². The molecule has 0 atom stereocenters. The molecule has 6 rings (SSSR count). The molecule has 2 aromatic heterocycles. The number of benzene rings is 2. The van der Waals surface area contributed by atoms with Crippen molar-refractivity contribution in [3.63, 3.8) is 0 Å². The molecule has 0 saturated carbocycles. The summed E-state index contributed by atoms with van der Waals surface area (Å²) < 4.78 is 142. The molecule has 8 nitrogen and oxygen atoms in total. The van der Waals surface area contributed by atoms with Crippen molar-refractivity contribution in [2.24, 2.45) is 9.98 Å². The van der Waals surface area contributed by atoms with E-state index in [0.29, 0.717) is 25.1 Å². The van der Waals surface area contributed by atoms with Gasteiger partial charge < -0.3 is 9.97 Å². The second-order valence-corrected chi connectivity index (χ2v) is 13.4. The van der Waals surface area contributed by atoms with Crippen molar-refractivity contribution >= 4 is 47.7 Å². The number of halogens is 10. The number of hydrogen-bond donors (Lipinski definition) is 0. The molecule has 0 N–H and O–H groups in total. The second-order valence-electron chi connectivity index (χ2n) is 13.4. The van der Waals surface area contributed by atoms with Crippen LogP contribution in [0.15, 0.2) is 43.7 Å². The van der Waals surface area contributed by atoms with E-state index >= 15 is 0 Å². The Morgan fingerprint density at radius 3 is 0.902 bits per heavy atom. The minimum atomic E-state index is -2.30. The molecule has 4 heterocycles. The normalized spacial score (nSPS) is 15.3. The number of nitrogens with zero attached hydrogens (tertiary/aromatic N) is 4. The van der Waals surface area contributed by atoms with Gasteiger partial charge in [-0.15, -0.1) is 11.4 Å². The maximum absolute atomic E-state index is 14.7. The number of hydrogen-bond acceptors (Lipinski definition) is 6. The maximum Gasteiger partial charge on any atom is 2.00 e. The Hall–Kier alpha value is -6.06. The van der Waals surface area contributed by atoms with Gasteiger partial charge in [0.25, 0.3) is 0 Å². The Bertz CT molecular complexity index is 2580. The minimum Gasteiger partial charge on any atom is -0.660 e. The first-order chi connectivity index (χ1) is 28.1. The topological polar surface area (TPSA) is 121 Å². The van der Waals surface area contributed by atoms with E-state index in [-0.39, 0.29) is 111 Å². The zero-order chi connectivity index (χ0) is 45.0. The predicted octanol–water partition coefficient (Wildman–Crippen LogP) is 9.03. The maximum atomic E-state index is 14.7. The summed E-state index contributed by atoms with van der Waals surface area (Å²) in [5.41, 5.74) is -2.17. The molecule has 0 aliphatic carbocycles. The first-order valence-electron chi connectivity index (χ1n) is 17.3. The van der Waals surface area contributed by atoms with Gasteiger partial charge in [-0.3, -0.25) is 29.2 Å². The molecular formula is C42H28F10N4O4Pd. The van der Waals surface area contributed by atoms with E-state index in [4.69, 9.17) is 0 Å². The molecule has 0 fully saturated rings. The van der Waals surface area contributed by atoms with E-state index in [9.17, 15) is 63.1 Å². The Morgan fingerprint density at radius 1 is 0.426 bits per heavy atom. The van der Waals surface area contributed by atoms with Crippen LogP contribution in [0.5, 0.6) is 0 Å². The van der Waals surface area contributed by atoms with Crippen molar-refractivity contribution in [3.8, 4) is 0 Å². The summed E-state index contributed by atoms with van der Waals surface area (Å²) in [5.74, 6) is -21.4. The van der Waals surface area contributed by atoms with Gasteiger partial charge >= 0.3 is 20.4 Å². The monoisotopic (exact) mass is 948 g/mol. The summed E-state index contributed by atoms with van der Waals surface area (Å²) >= 11 is 0. The van der Waals surface area contributed by atoms with Crippen LogP contribution in [-0.4, -0.2) is 36.6 Å². The van der Waals surface area contributed by atoms with E-state index < -0.39 is 80.4 Å². The molecule has 0 unspecified atom stereocenters. The Kier molecular flexibility index (Phi) is 14.0. The quantitative estimate of drug-likeness (QED) is 0.0572. The number of carbonyl (C=O) groups is 4. The standard InChI is InChI=1S/2C21H15F5N2O2.Pd/c2*1-7-11(5-29)9(3)27-20(7)14(21-8(2)12(6-30)10(4)28-21)13-15(22)17(24)19(26)18(25)16(13)23;/h2*5-6H,1-4H3,(H,27,28,29,30);/q;;+2/p-2. The molecule has 0 bridgehead atoms. The SMILES string of the molecule is CC1=N/C(=C(\c2[n-]c(C)c(C=O)c2C)c2c(F)c(F)c(F)c(F)c2F)C(C)=C1C=O.CC1=N/C(=C(\c2[n-]c(C)c(C=O)c2C)c2c(F)c(F)c(F)c(F)c2F)C(C)=C1C=O.[Pd+2]. The van der Waals surface area contributed by atoms with Crippen LogP contribution in [0.4, 0.5) is 43.9 Å². The van der Waals surface area contributed by atoms with Gasteiger partial charge in [-0.05, 0) is 75.0 Å². The molecule has 0 saturated heterocycles. The van der Waals surface area contributed by atoms with E-state index in [1.165, 1.54) is 55.4 Å². The van der Waals surface area contributed by atoms with Crippen LogP contribution in [0.3, 0.4) is 0 Å². The molecule has 0 radical (unpaired) electrons. The van der Waals surface area contributed by atoms with Crippen molar-refractivity contribution in [2.75, 3.05) is 0 Å². The van der Waals surface area contributed by atoms with Crippen LogP contribution < -0.4 is 9.97 Å². The molecule has 19 heteroatoms. The van der Waals surface area contributed by atoms with Crippen molar-refractivity contribution in [3.05, 3.63) is 148 Å². The van der Waals surface area contributed by atoms with Crippen LogP contribution in [-0.2, 0) is 30.0 Å². The summed E-state index contributed by atoms with van der Waals surface area (Å²) in [5, 5.41) is 0. The number of rotatable bonds is 8. The van der Waals surface area contributed by atoms with Crippen molar-refractivity contribution in [1.82, 2.24) is 9.97 Å². The third kappa shape index (κ3) is 7.65. The van der Waals surface area contributed by atoms with Gasteiger partial charge in [-0.25, -0.2) is 43.9 Å². The van der Waals surface area contributed by atoms with Gasteiger partial charge in [-0.1, -0.05) is 25.0 Å². The van der Waals surface area contributed by atoms with E-state index in [2.05, 4.69) is 20.0 Å². The predicted molar refractivity (Wildman–Crippen MR) is 198 cm³/mol. The van der Waals surface area contributed by atoms with Crippen molar-refractivity contribution in [2.45, 2.75) is 55.4 Å². The first-order valence-corrected chi connectivity index (χ1v) is 17.3. The summed E-state index contributed by atoms with van der Waals surface area (Å²) in [7, 11) is 0. The van der Waals surface area contributed by atoms with Crippen LogP contribution in [0, 0.1) is 85.9 Å². The van der Waals surface area contributed by atoms with Gasteiger partial charge in [0.2, 0.25) is 11.6 Å². The number of aromatic nitrogens is 2. The summed E-state index contributed by atoms with van der Waals surface area (Å²) in [4.78, 5) is 62.1. The third-order valence-corrected chi connectivity index (χ3v) is 10.1. The fourth-order valence-corrected chi connectivity index (χ4v) is 6.86. The van der Waals surface area contributed by atoms with Crippen molar-refractivity contribution < 1.29 is 83.5 Å². The first kappa shape index (κ1) is 47.6. The molecule has 61 heavy (non-hydrogen) atoms. The largest absolute Gasteiger partial charge is 2.00 e. The van der Waals surface area contributed by atoms with Gasteiger partial charge in [-0.2, -0.15) is 11.4 Å². The molecular weight excluding hydrogens is 921 g/mol. The Balaban J connectivity index is 0.000000264. The average Bonchev–Trinajstić information content (AvgIpc) is 3.87. The number of aryl methyl sites for hydroxylation is 2. The summed E-state index contributed by atoms with van der Waals surface area (Å²) in [6, 6.07) is 0. The molecule has 0 amide bonds. The van der Waals surface area contributed by atoms with Gasteiger partial charge in [0, 0.05) is 22.6 Å². The van der Waals surface area contributed by atoms with Crippen LogP contribution in [0.2, 0.25) is 0 Å². The van der Waals surface area contributed by atoms with E-state index in [1.54, 1.807) is 0 Å².